The Morgan fingerprint density at radius 3 is 3.05 bits per heavy atom. The topological polar surface area (TPSA) is 54.0 Å². The summed E-state index contributed by atoms with van der Waals surface area (Å²) in [5.41, 5.74) is 1.35. The van der Waals surface area contributed by atoms with Gasteiger partial charge in [0, 0.05) is 24.4 Å². The molecule has 0 saturated carbocycles. The molecule has 116 valence electrons. The lowest BCUT2D eigenvalue weighted by atomic mass is 9.99. The van der Waals surface area contributed by atoms with Crippen molar-refractivity contribution in [3.05, 3.63) is 15.6 Å². The van der Waals surface area contributed by atoms with E-state index in [9.17, 15) is 4.79 Å². The highest BCUT2D eigenvalue weighted by atomic mass is 32.1. The first kappa shape index (κ1) is 15.0. The molecule has 1 amide bonds. The molecule has 1 aromatic rings. The summed E-state index contributed by atoms with van der Waals surface area (Å²) in [6, 6.07) is 0. The van der Waals surface area contributed by atoms with E-state index in [1.165, 1.54) is 34.8 Å². The van der Waals surface area contributed by atoms with Crippen LogP contribution in [0, 0.1) is 5.92 Å². The van der Waals surface area contributed by atoms with Crippen molar-refractivity contribution < 1.29 is 4.79 Å². The number of amides is 1. The lowest BCUT2D eigenvalue weighted by Crippen LogP contribution is -2.40. The molecule has 2 N–H and O–H groups in total. The van der Waals surface area contributed by atoms with Crippen molar-refractivity contribution in [2.45, 2.75) is 51.4 Å². The van der Waals surface area contributed by atoms with E-state index in [0.717, 1.165) is 51.7 Å². The van der Waals surface area contributed by atoms with Crippen LogP contribution in [0.1, 0.15) is 47.7 Å². The third-order valence-corrected chi connectivity index (χ3v) is 5.64. The van der Waals surface area contributed by atoms with Gasteiger partial charge in [-0.1, -0.05) is 0 Å². The summed E-state index contributed by atoms with van der Waals surface area (Å²) < 4.78 is 0. The van der Waals surface area contributed by atoms with Gasteiger partial charge in [-0.3, -0.25) is 4.79 Å². The number of hydrogen-bond acceptors (Lipinski definition) is 4. The summed E-state index contributed by atoms with van der Waals surface area (Å²) in [4.78, 5) is 18.3. The van der Waals surface area contributed by atoms with E-state index in [0.29, 0.717) is 0 Å². The predicted octanol–water partition coefficient (Wildman–Crippen LogP) is 2.07. The SMILES string of the molecule is O=C(NCCCc1nc2c(s1)CCCC2)C1CCCNC1. The summed E-state index contributed by atoms with van der Waals surface area (Å²) in [6.45, 7) is 2.67. The van der Waals surface area contributed by atoms with Crippen molar-refractivity contribution in [2.24, 2.45) is 5.92 Å². The van der Waals surface area contributed by atoms with Gasteiger partial charge >= 0.3 is 0 Å². The fourth-order valence-electron chi connectivity index (χ4n) is 3.18. The van der Waals surface area contributed by atoms with Crippen LogP contribution in [-0.2, 0) is 24.1 Å². The Labute approximate surface area is 130 Å². The minimum atomic E-state index is 0.172. The molecular formula is C16H25N3OS. The molecule has 1 fully saturated rings. The highest BCUT2D eigenvalue weighted by Crippen LogP contribution is 2.27. The Kier molecular flexibility index (Phi) is 5.25. The van der Waals surface area contributed by atoms with Gasteiger partial charge in [-0.2, -0.15) is 0 Å². The Hall–Kier alpha value is -0.940. The van der Waals surface area contributed by atoms with Gasteiger partial charge in [-0.05, 0) is 51.5 Å². The van der Waals surface area contributed by atoms with Crippen LogP contribution in [0.2, 0.25) is 0 Å². The van der Waals surface area contributed by atoms with Crippen LogP contribution in [0.15, 0.2) is 0 Å². The zero-order valence-electron chi connectivity index (χ0n) is 12.6. The van der Waals surface area contributed by atoms with E-state index in [2.05, 4.69) is 10.6 Å². The van der Waals surface area contributed by atoms with Gasteiger partial charge in [0.05, 0.1) is 16.6 Å². The molecule has 0 spiro atoms. The van der Waals surface area contributed by atoms with Gasteiger partial charge in [0.1, 0.15) is 0 Å². The number of carbonyl (C=O) groups is 1. The zero-order valence-corrected chi connectivity index (χ0v) is 13.4. The van der Waals surface area contributed by atoms with E-state index < -0.39 is 0 Å². The molecule has 1 saturated heterocycles. The maximum Gasteiger partial charge on any atom is 0.224 e. The van der Waals surface area contributed by atoms with Crippen molar-refractivity contribution >= 4 is 17.2 Å². The second-order valence-corrected chi connectivity index (χ2v) is 7.29. The lowest BCUT2D eigenvalue weighted by Gasteiger charge is -2.21. The number of aryl methyl sites for hydroxylation is 3. The number of thiazole rings is 1. The summed E-state index contributed by atoms with van der Waals surface area (Å²) in [5, 5.41) is 7.63. The van der Waals surface area contributed by atoms with Crippen molar-refractivity contribution in [3.63, 3.8) is 0 Å². The van der Waals surface area contributed by atoms with E-state index in [1.807, 2.05) is 11.3 Å². The maximum absolute atomic E-state index is 12.0. The number of nitrogens with zero attached hydrogens (tertiary/aromatic N) is 1. The molecule has 1 unspecified atom stereocenters. The average molecular weight is 307 g/mol. The molecule has 21 heavy (non-hydrogen) atoms. The van der Waals surface area contributed by atoms with Crippen molar-refractivity contribution in [2.75, 3.05) is 19.6 Å². The van der Waals surface area contributed by atoms with Crippen LogP contribution < -0.4 is 10.6 Å². The molecule has 2 aliphatic rings. The van der Waals surface area contributed by atoms with Crippen LogP contribution in [-0.4, -0.2) is 30.5 Å². The molecule has 1 aromatic heterocycles. The first-order chi connectivity index (χ1) is 10.3. The van der Waals surface area contributed by atoms with Gasteiger partial charge in [0.2, 0.25) is 5.91 Å². The lowest BCUT2D eigenvalue weighted by molar-refractivity contribution is -0.125. The molecular weight excluding hydrogens is 282 g/mol. The monoisotopic (exact) mass is 307 g/mol. The van der Waals surface area contributed by atoms with Gasteiger partial charge in [-0.15, -0.1) is 11.3 Å². The molecule has 1 atom stereocenters. The van der Waals surface area contributed by atoms with Crippen molar-refractivity contribution in [3.8, 4) is 0 Å². The van der Waals surface area contributed by atoms with Crippen molar-refractivity contribution in [1.82, 2.24) is 15.6 Å². The number of carbonyl (C=O) groups excluding carboxylic acids is 1. The normalized spacial score (nSPS) is 21.8. The Bertz CT molecular complexity index is 456. The molecule has 4 nitrogen and oxygen atoms in total. The van der Waals surface area contributed by atoms with Crippen molar-refractivity contribution in [1.29, 1.82) is 0 Å². The second kappa shape index (κ2) is 7.36. The van der Waals surface area contributed by atoms with E-state index in [4.69, 9.17) is 4.98 Å². The molecule has 3 rings (SSSR count). The maximum atomic E-state index is 12.0. The summed E-state index contributed by atoms with van der Waals surface area (Å²) in [7, 11) is 0. The van der Waals surface area contributed by atoms with E-state index in [1.54, 1.807) is 0 Å². The first-order valence-electron chi connectivity index (χ1n) is 8.29. The molecule has 0 aromatic carbocycles. The molecule has 2 heterocycles. The van der Waals surface area contributed by atoms with Crippen LogP contribution >= 0.6 is 11.3 Å². The molecule has 1 aliphatic carbocycles. The zero-order chi connectivity index (χ0) is 14.5. The molecule has 5 heteroatoms. The fourth-order valence-corrected chi connectivity index (χ4v) is 4.38. The van der Waals surface area contributed by atoms with Gasteiger partial charge in [-0.25, -0.2) is 4.98 Å². The van der Waals surface area contributed by atoms with Crippen LogP contribution in [0.5, 0.6) is 0 Å². The van der Waals surface area contributed by atoms with E-state index >= 15 is 0 Å². The Morgan fingerprint density at radius 1 is 1.33 bits per heavy atom. The molecule has 0 radical (unpaired) electrons. The minimum Gasteiger partial charge on any atom is -0.356 e. The van der Waals surface area contributed by atoms with Crippen LogP contribution in [0.25, 0.3) is 0 Å². The third kappa shape index (κ3) is 4.04. The summed E-state index contributed by atoms with van der Waals surface area (Å²) in [6.07, 6.45) is 9.14. The number of rotatable bonds is 5. The molecule has 0 bridgehead atoms. The number of aromatic nitrogens is 1. The van der Waals surface area contributed by atoms with Gasteiger partial charge in [0.25, 0.3) is 0 Å². The highest BCUT2D eigenvalue weighted by Gasteiger charge is 2.20. The number of fused-ring (bicyclic) bond motifs is 1. The third-order valence-electron chi connectivity index (χ3n) is 4.42. The fraction of sp³-hybridized carbons (Fsp3) is 0.750. The van der Waals surface area contributed by atoms with Crippen LogP contribution in [0.4, 0.5) is 0 Å². The van der Waals surface area contributed by atoms with Crippen LogP contribution in [0.3, 0.4) is 0 Å². The molecule has 1 aliphatic heterocycles. The quantitative estimate of drug-likeness (QED) is 0.819. The average Bonchev–Trinajstić information content (AvgIpc) is 2.95. The number of hydrogen-bond donors (Lipinski definition) is 2. The Morgan fingerprint density at radius 2 is 2.24 bits per heavy atom. The second-order valence-electron chi connectivity index (χ2n) is 6.12. The van der Waals surface area contributed by atoms with Gasteiger partial charge in [0.15, 0.2) is 0 Å². The predicted molar refractivity (Wildman–Crippen MR) is 85.7 cm³/mol. The summed E-state index contributed by atoms with van der Waals surface area (Å²) >= 11 is 1.89. The Balaban J connectivity index is 1.38. The first-order valence-corrected chi connectivity index (χ1v) is 9.10. The minimum absolute atomic E-state index is 0.172. The number of piperidine rings is 1. The highest BCUT2D eigenvalue weighted by molar-refractivity contribution is 7.11. The largest absolute Gasteiger partial charge is 0.356 e. The smallest absolute Gasteiger partial charge is 0.224 e. The standard InChI is InChI=1S/C16H25N3OS/c20-16(12-5-3-9-17-11-12)18-10-4-8-15-19-13-6-1-2-7-14(13)21-15/h12,17H,1-11H2,(H,18,20). The van der Waals surface area contributed by atoms with Gasteiger partial charge < -0.3 is 10.6 Å². The summed E-state index contributed by atoms with van der Waals surface area (Å²) in [5.74, 6) is 0.395. The number of nitrogens with one attached hydrogen (secondary N) is 2. The van der Waals surface area contributed by atoms with E-state index in [-0.39, 0.29) is 11.8 Å².